The Morgan fingerprint density at radius 1 is 1.04 bits per heavy atom. The lowest BCUT2D eigenvalue weighted by atomic mass is 10.0. The third-order valence-corrected chi connectivity index (χ3v) is 3.74. The molecular formula is C20H24N2O3. The van der Waals surface area contributed by atoms with Gasteiger partial charge in [-0.1, -0.05) is 54.5 Å². The zero-order valence-corrected chi connectivity index (χ0v) is 14.9. The number of carbonyl (C=O) groups is 1. The van der Waals surface area contributed by atoms with Crippen LogP contribution in [0.25, 0.3) is 0 Å². The number of oxime groups is 1. The van der Waals surface area contributed by atoms with E-state index in [4.69, 9.17) is 9.57 Å². The van der Waals surface area contributed by atoms with Crippen LogP contribution in [0.1, 0.15) is 30.5 Å². The Bertz CT molecular complexity index is 741. The standard InChI is InChI=1S/C20H24N2O3/c1-4-15-10-7-9-13-18(15)25-14-16-11-6-8-12-17(16)19(22-24-3)20(23)21-5-2/h6-13H,4-5,14H2,1-3H3,(H,21,23)/b22-19+. The number of likely N-dealkylation sites (N-methyl/N-ethyl adjacent to an activating group) is 1. The zero-order valence-electron chi connectivity index (χ0n) is 14.9. The van der Waals surface area contributed by atoms with Crippen LogP contribution < -0.4 is 10.1 Å². The molecule has 0 aromatic heterocycles. The number of hydrogen-bond acceptors (Lipinski definition) is 4. The number of hydrogen-bond donors (Lipinski definition) is 1. The average molecular weight is 340 g/mol. The Hall–Kier alpha value is -2.82. The second-order valence-electron chi connectivity index (χ2n) is 5.39. The second-order valence-corrected chi connectivity index (χ2v) is 5.39. The van der Waals surface area contributed by atoms with Crippen LogP contribution in [0.5, 0.6) is 5.75 Å². The van der Waals surface area contributed by atoms with Crippen LogP contribution in [0.4, 0.5) is 0 Å². The molecule has 2 aromatic carbocycles. The molecule has 1 amide bonds. The number of ether oxygens (including phenoxy) is 1. The van der Waals surface area contributed by atoms with Crippen molar-refractivity contribution in [3.05, 3.63) is 65.2 Å². The van der Waals surface area contributed by atoms with Crippen molar-refractivity contribution in [2.45, 2.75) is 26.9 Å². The summed E-state index contributed by atoms with van der Waals surface area (Å²) in [5.74, 6) is 0.578. The van der Waals surface area contributed by atoms with E-state index in [0.29, 0.717) is 18.7 Å². The fourth-order valence-electron chi connectivity index (χ4n) is 2.52. The fourth-order valence-corrected chi connectivity index (χ4v) is 2.52. The lowest BCUT2D eigenvalue weighted by Gasteiger charge is -2.14. The van der Waals surface area contributed by atoms with Crippen molar-refractivity contribution in [2.75, 3.05) is 13.7 Å². The lowest BCUT2D eigenvalue weighted by molar-refractivity contribution is -0.114. The molecule has 0 saturated carbocycles. The van der Waals surface area contributed by atoms with Crippen molar-refractivity contribution >= 4 is 11.6 Å². The van der Waals surface area contributed by atoms with Gasteiger partial charge in [-0.25, -0.2) is 0 Å². The van der Waals surface area contributed by atoms with Crippen molar-refractivity contribution in [2.24, 2.45) is 5.16 Å². The van der Waals surface area contributed by atoms with Gasteiger partial charge in [0.05, 0.1) is 0 Å². The molecule has 0 radical (unpaired) electrons. The van der Waals surface area contributed by atoms with Crippen molar-refractivity contribution in [3.8, 4) is 5.75 Å². The summed E-state index contributed by atoms with van der Waals surface area (Å²) in [5, 5.41) is 6.67. The summed E-state index contributed by atoms with van der Waals surface area (Å²) in [6, 6.07) is 15.5. The first-order chi connectivity index (χ1) is 12.2. The van der Waals surface area contributed by atoms with Gasteiger partial charge in [-0.05, 0) is 30.5 Å². The molecule has 0 heterocycles. The van der Waals surface area contributed by atoms with Gasteiger partial charge in [-0.3, -0.25) is 4.79 Å². The van der Waals surface area contributed by atoms with Gasteiger partial charge in [-0.2, -0.15) is 0 Å². The van der Waals surface area contributed by atoms with E-state index in [9.17, 15) is 4.79 Å². The van der Waals surface area contributed by atoms with Gasteiger partial charge in [-0.15, -0.1) is 0 Å². The van der Waals surface area contributed by atoms with Crippen LogP contribution in [0.2, 0.25) is 0 Å². The molecule has 25 heavy (non-hydrogen) atoms. The quantitative estimate of drug-likeness (QED) is 0.592. The topological polar surface area (TPSA) is 59.9 Å². The summed E-state index contributed by atoms with van der Waals surface area (Å²) in [4.78, 5) is 17.2. The van der Waals surface area contributed by atoms with E-state index in [1.807, 2.05) is 55.5 Å². The minimum absolute atomic E-state index is 0.243. The van der Waals surface area contributed by atoms with Crippen LogP contribution in [0.15, 0.2) is 53.7 Å². The molecule has 0 fully saturated rings. The fraction of sp³-hybridized carbons (Fsp3) is 0.300. The number of benzene rings is 2. The average Bonchev–Trinajstić information content (AvgIpc) is 2.65. The molecule has 5 nitrogen and oxygen atoms in total. The highest BCUT2D eigenvalue weighted by molar-refractivity contribution is 6.45. The van der Waals surface area contributed by atoms with E-state index in [0.717, 1.165) is 23.3 Å². The molecular weight excluding hydrogens is 316 g/mol. The maximum atomic E-state index is 12.3. The number of rotatable bonds is 8. The predicted molar refractivity (Wildman–Crippen MR) is 98.8 cm³/mol. The first kappa shape index (κ1) is 18.5. The summed E-state index contributed by atoms with van der Waals surface area (Å²) in [6.45, 7) is 4.81. The van der Waals surface area contributed by atoms with Gasteiger partial charge in [0.25, 0.3) is 5.91 Å². The number of nitrogens with zero attached hydrogens (tertiary/aromatic N) is 1. The van der Waals surface area contributed by atoms with Crippen LogP contribution in [-0.4, -0.2) is 25.3 Å². The first-order valence-electron chi connectivity index (χ1n) is 8.39. The first-order valence-corrected chi connectivity index (χ1v) is 8.39. The number of amides is 1. The maximum Gasteiger partial charge on any atom is 0.273 e. The Kier molecular flexibility index (Phi) is 7.01. The van der Waals surface area contributed by atoms with E-state index >= 15 is 0 Å². The largest absolute Gasteiger partial charge is 0.489 e. The molecule has 1 N–H and O–H groups in total. The van der Waals surface area contributed by atoms with Gasteiger partial charge in [0.2, 0.25) is 0 Å². The van der Waals surface area contributed by atoms with Crippen molar-refractivity contribution < 1.29 is 14.4 Å². The third kappa shape index (κ3) is 4.83. The van der Waals surface area contributed by atoms with Crippen LogP contribution >= 0.6 is 0 Å². The minimum Gasteiger partial charge on any atom is -0.489 e. The molecule has 0 aliphatic carbocycles. The molecule has 0 spiro atoms. The van der Waals surface area contributed by atoms with E-state index in [-0.39, 0.29) is 11.6 Å². The lowest BCUT2D eigenvalue weighted by Crippen LogP contribution is -2.32. The highest BCUT2D eigenvalue weighted by atomic mass is 16.6. The van der Waals surface area contributed by atoms with E-state index < -0.39 is 0 Å². The Morgan fingerprint density at radius 3 is 2.40 bits per heavy atom. The van der Waals surface area contributed by atoms with E-state index in [1.54, 1.807) is 0 Å². The van der Waals surface area contributed by atoms with Crippen LogP contribution in [-0.2, 0) is 22.7 Å². The summed E-state index contributed by atoms with van der Waals surface area (Å²) >= 11 is 0. The maximum absolute atomic E-state index is 12.3. The summed E-state index contributed by atoms with van der Waals surface area (Å²) in [7, 11) is 1.43. The Balaban J connectivity index is 2.28. The normalized spacial score (nSPS) is 11.1. The monoisotopic (exact) mass is 340 g/mol. The molecule has 0 aliphatic heterocycles. The highest BCUT2D eigenvalue weighted by Crippen LogP contribution is 2.21. The van der Waals surface area contributed by atoms with E-state index in [1.165, 1.54) is 7.11 Å². The Morgan fingerprint density at radius 2 is 1.72 bits per heavy atom. The molecule has 2 aromatic rings. The molecule has 0 saturated heterocycles. The minimum atomic E-state index is -0.272. The molecule has 0 aliphatic rings. The van der Waals surface area contributed by atoms with Crippen molar-refractivity contribution in [3.63, 3.8) is 0 Å². The van der Waals surface area contributed by atoms with Crippen LogP contribution in [0, 0.1) is 0 Å². The molecule has 0 bridgehead atoms. The number of carbonyl (C=O) groups excluding carboxylic acids is 1. The predicted octanol–water partition coefficient (Wildman–Crippen LogP) is 3.31. The summed E-state index contributed by atoms with van der Waals surface area (Å²) in [6.07, 6.45) is 0.896. The van der Waals surface area contributed by atoms with Crippen LogP contribution in [0.3, 0.4) is 0 Å². The smallest absolute Gasteiger partial charge is 0.273 e. The van der Waals surface area contributed by atoms with Gasteiger partial charge < -0.3 is 14.9 Å². The number of para-hydroxylation sites is 1. The molecule has 0 unspecified atom stereocenters. The molecule has 5 heteroatoms. The Labute approximate surface area is 148 Å². The molecule has 0 atom stereocenters. The third-order valence-electron chi connectivity index (χ3n) is 3.74. The summed E-state index contributed by atoms with van der Waals surface area (Å²) < 4.78 is 6.00. The summed E-state index contributed by atoms with van der Waals surface area (Å²) in [5.41, 5.74) is 2.96. The number of nitrogens with one attached hydrogen (secondary N) is 1. The van der Waals surface area contributed by atoms with Gasteiger partial charge in [0.15, 0.2) is 5.71 Å². The van der Waals surface area contributed by atoms with Gasteiger partial charge >= 0.3 is 0 Å². The van der Waals surface area contributed by atoms with Crippen molar-refractivity contribution in [1.82, 2.24) is 5.32 Å². The number of aryl methyl sites for hydroxylation is 1. The molecule has 132 valence electrons. The second kappa shape index (κ2) is 9.47. The SMILES string of the molecule is CCNC(=O)/C(=N/OC)c1ccccc1COc1ccccc1CC. The zero-order chi connectivity index (χ0) is 18.1. The van der Waals surface area contributed by atoms with Gasteiger partial charge in [0.1, 0.15) is 19.5 Å². The van der Waals surface area contributed by atoms with E-state index in [2.05, 4.69) is 17.4 Å². The van der Waals surface area contributed by atoms with Crippen molar-refractivity contribution in [1.29, 1.82) is 0 Å². The molecule has 2 rings (SSSR count). The van der Waals surface area contributed by atoms with Gasteiger partial charge in [0, 0.05) is 12.1 Å². The highest BCUT2D eigenvalue weighted by Gasteiger charge is 2.18.